The van der Waals surface area contributed by atoms with Gasteiger partial charge in [0.25, 0.3) is 5.91 Å². The van der Waals surface area contributed by atoms with Crippen LogP contribution >= 0.6 is 15.9 Å². The quantitative estimate of drug-likeness (QED) is 0.901. The average molecular weight is 334 g/mol. The van der Waals surface area contributed by atoms with Crippen molar-refractivity contribution in [2.45, 2.75) is 13.0 Å². The third-order valence-corrected chi connectivity index (χ3v) is 3.53. The van der Waals surface area contributed by atoms with Crippen molar-refractivity contribution in [3.63, 3.8) is 0 Å². The smallest absolute Gasteiger partial charge is 0.253 e. The first-order chi connectivity index (χ1) is 9.60. The van der Waals surface area contributed by atoms with Crippen LogP contribution in [-0.4, -0.2) is 17.9 Å². The second kappa shape index (κ2) is 6.52. The first kappa shape index (κ1) is 14.5. The molecule has 0 fully saturated rings. The normalized spacial score (nSPS) is 11.8. The van der Waals surface area contributed by atoms with E-state index in [1.165, 1.54) is 0 Å². The standard InChI is InChI=1S/C15H16BrN3O/c1-10(11-3-6-13(16)7-4-11)19-15(20)12-5-8-14(17-2)18-9-12/h3-10H,1-2H3,(H,17,18)(H,19,20). The summed E-state index contributed by atoms with van der Waals surface area (Å²) in [5, 5.41) is 5.87. The van der Waals surface area contributed by atoms with Gasteiger partial charge in [0.05, 0.1) is 11.6 Å². The van der Waals surface area contributed by atoms with E-state index in [4.69, 9.17) is 0 Å². The van der Waals surface area contributed by atoms with Crippen LogP contribution in [0.3, 0.4) is 0 Å². The number of anilines is 1. The lowest BCUT2D eigenvalue weighted by atomic mass is 10.1. The zero-order chi connectivity index (χ0) is 14.5. The van der Waals surface area contributed by atoms with Gasteiger partial charge in [-0.2, -0.15) is 0 Å². The number of aromatic nitrogens is 1. The summed E-state index contributed by atoms with van der Waals surface area (Å²) in [6.45, 7) is 1.95. The van der Waals surface area contributed by atoms with E-state index < -0.39 is 0 Å². The number of benzene rings is 1. The summed E-state index contributed by atoms with van der Waals surface area (Å²) in [5.41, 5.74) is 1.61. The van der Waals surface area contributed by atoms with Crippen LogP contribution in [0, 0.1) is 0 Å². The maximum atomic E-state index is 12.1. The molecule has 0 bridgehead atoms. The van der Waals surface area contributed by atoms with Crippen molar-refractivity contribution >= 4 is 27.7 Å². The summed E-state index contributed by atoms with van der Waals surface area (Å²) < 4.78 is 1.02. The number of hydrogen-bond donors (Lipinski definition) is 2. The van der Waals surface area contributed by atoms with E-state index >= 15 is 0 Å². The van der Waals surface area contributed by atoms with Gasteiger partial charge in [0.2, 0.25) is 0 Å². The second-order valence-electron chi connectivity index (χ2n) is 4.43. The van der Waals surface area contributed by atoms with Crippen LogP contribution in [0.15, 0.2) is 47.1 Å². The van der Waals surface area contributed by atoms with Gasteiger partial charge in [-0.05, 0) is 36.8 Å². The lowest BCUT2D eigenvalue weighted by molar-refractivity contribution is 0.0939. The fraction of sp³-hybridized carbons (Fsp3) is 0.200. The van der Waals surface area contributed by atoms with E-state index in [1.807, 2.05) is 31.2 Å². The predicted octanol–water partition coefficient (Wildman–Crippen LogP) is 3.38. The van der Waals surface area contributed by atoms with Crippen LogP contribution in [-0.2, 0) is 0 Å². The Morgan fingerprint density at radius 3 is 2.45 bits per heavy atom. The molecule has 0 aliphatic rings. The second-order valence-corrected chi connectivity index (χ2v) is 5.34. The fourth-order valence-corrected chi connectivity index (χ4v) is 2.06. The largest absolute Gasteiger partial charge is 0.373 e. The maximum absolute atomic E-state index is 12.1. The first-order valence-corrected chi connectivity index (χ1v) is 7.09. The third-order valence-electron chi connectivity index (χ3n) is 3.00. The summed E-state index contributed by atoms with van der Waals surface area (Å²) in [5.74, 6) is 0.609. The molecule has 104 valence electrons. The number of carbonyl (C=O) groups excluding carboxylic acids is 1. The Kier molecular flexibility index (Phi) is 4.74. The van der Waals surface area contributed by atoms with E-state index in [0.29, 0.717) is 5.56 Å². The predicted molar refractivity (Wildman–Crippen MR) is 83.8 cm³/mol. The Labute approximate surface area is 126 Å². The van der Waals surface area contributed by atoms with E-state index in [9.17, 15) is 4.79 Å². The topological polar surface area (TPSA) is 54.0 Å². The summed E-state index contributed by atoms with van der Waals surface area (Å²) in [6.07, 6.45) is 1.56. The highest BCUT2D eigenvalue weighted by atomic mass is 79.9. The van der Waals surface area contributed by atoms with Crippen molar-refractivity contribution in [2.75, 3.05) is 12.4 Å². The minimum absolute atomic E-state index is 0.0559. The van der Waals surface area contributed by atoms with Crippen molar-refractivity contribution < 1.29 is 4.79 Å². The van der Waals surface area contributed by atoms with E-state index in [1.54, 1.807) is 25.4 Å². The van der Waals surface area contributed by atoms with Gasteiger partial charge < -0.3 is 10.6 Å². The molecule has 0 radical (unpaired) electrons. The molecule has 4 nitrogen and oxygen atoms in total. The van der Waals surface area contributed by atoms with Gasteiger partial charge >= 0.3 is 0 Å². The molecule has 2 rings (SSSR count). The third kappa shape index (κ3) is 3.57. The lowest BCUT2D eigenvalue weighted by Crippen LogP contribution is -2.26. The number of hydrogen-bond acceptors (Lipinski definition) is 3. The van der Waals surface area contributed by atoms with Crippen LogP contribution in [0.25, 0.3) is 0 Å². The van der Waals surface area contributed by atoms with Gasteiger partial charge in [-0.15, -0.1) is 0 Å². The van der Waals surface area contributed by atoms with Crippen molar-refractivity contribution in [2.24, 2.45) is 0 Å². The zero-order valence-electron chi connectivity index (χ0n) is 11.4. The van der Waals surface area contributed by atoms with Crippen LogP contribution in [0.2, 0.25) is 0 Å². The van der Waals surface area contributed by atoms with Gasteiger partial charge in [-0.3, -0.25) is 4.79 Å². The van der Waals surface area contributed by atoms with E-state index in [0.717, 1.165) is 15.9 Å². The van der Waals surface area contributed by atoms with Crippen molar-refractivity contribution in [1.82, 2.24) is 10.3 Å². The van der Waals surface area contributed by atoms with Crippen molar-refractivity contribution in [1.29, 1.82) is 0 Å². The lowest BCUT2D eigenvalue weighted by Gasteiger charge is -2.14. The molecule has 1 unspecified atom stereocenters. The number of nitrogens with zero attached hydrogens (tertiary/aromatic N) is 1. The molecule has 1 atom stereocenters. The van der Waals surface area contributed by atoms with Crippen molar-refractivity contribution in [3.8, 4) is 0 Å². The van der Waals surface area contributed by atoms with Crippen LogP contribution in [0.4, 0.5) is 5.82 Å². The monoisotopic (exact) mass is 333 g/mol. The highest BCUT2D eigenvalue weighted by Gasteiger charge is 2.11. The van der Waals surface area contributed by atoms with Gasteiger partial charge in [-0.1, -0.05) is 28.1 Å². The highest BCUT2D eigenvalue weighted by Crippen LogP contribution is 2.17. The molecule has 20 heavy (non-hydrogen) atoms. The van der Waals surface area contributed by atoms with Crippen molar-refractivity contribution in [3.05, 3.63) is 58.2 Å². The number of nitrogens with one attached hydrogen (secondary N) is 2. The number of carbonyl (C=O) groups is 1. The minimum Gasteiger partial charge on any atom is -0.373 e. The average Bonchev–Trinajstić information content (AvgIpc) is 2.48. The first-order valence-electron chi connectivity index (χ1n) is 6.30. The SMILES string of the molecule is CNc1ccc(C(=O)NC(C)c2ccc(Br)cc2)cn1. The molecule has 0 saturated heterocycles. The Morgan fingerprint density at radius 2 is 1.90 bits per heavy atom. The maximum Gasteiger partial charge on any atom is 0.253 e. The molecule has 1 aromatic heterocycles. The van der Waals surface area contributed by atoms with Gasteiger partial charge in [0.1, 0.15) is 5.82 Å². The molecule has 1 heterocycles. The molecule has 1 aromatic carbocycles. The molecule has 0 aliphatic heterocycles. The molecular formula is C15H16BrN3O. The molecule has 1 amide bonds. The Balaban J connectivity index is 2.04. The zero-order valence-corrected chi connectivity index (χ0v) is 12.9. The Hall–Kier alpha value is -1.88. The van der Waals surface area contributed by atoms with E-state index in [2.05, 4.69) is 31.5 Å². The molecular weight excluding hydrogens is 318 g/mol. The summed E-state index contributed by atoms with van der Waals surface area (Å²) in [6, 6.07) is 11.4. The molecule has 2 N–H and O–H groups in total. The Bertz CT molecular complexity index is 581. The van der Waals surface area contributed by atoms with Gasteiger partial charge in [0, 0.05) is 17.7 Å². The molecule has 2 aromatic rings. The summed E-state index contributed by atoms with van der Waals surface area (Å²) in [4.78, 5) is 16.2. The van der Waals surface area contributed by atoms with Gasteiger partial charge in [-0.25, -0.2) is 4.98 Å². The van der Waals surface area contributed by atoms with E-state index in [-0.39, 0.29) is 11.9 Å². The summed E-state index contributed by atoms with van der Waals surface area (Å²) >= 11 is 3.39. The molecule has 5 heteroatoms. The number of amides is 1. The number of pyridine rings is 1. The van der Waals surface area contributed by atoms with Crippen LogP contribution in [0.1, 0.15) is 28.9 Å². The Morgan fingerprint density at radius 1 is 1.20 bits per heavy atom. The fourth-order valence-electron chi connectivity index (χ4n) is 1.79. The van der Waals surface area contributed by atoms with Crippen LogP contribution < -0.4 is 10.6 Å². The molecule has 0 aliphatic carbocycles. The number of rotatable bonds is 4. The van der Waals surface area contributed by atoms with Crippen LogP contribution in [0.5, 0.6) is 0 Å². The molecule has 0 saturated carbocycles. The highest BCUT2D eigenvalue weighted by molar-refractivity contribution is 9.10. The number of halogens is 1. The van der Waals surface area contributed by atoms with Gasteiger partial charge in [0.15, 0.2) is 0 Å². The molecule has 0 spiro atoms. The summed E-state index contributed by atoms with van der Waals surface area (Å²) in [7, 11) is 1.79. The minimum atomic E-state index is -0.129.